The van der Waals surface area contributed by atoms with Crippen molar-refractivity contribution in [3.63, 3.8) is 0 Å². The van der Waals surface area contributed by atoms with Crippen LogP contribution in [0.5, 0.6) is 5.75 Å². The quantitative estimate of drug-likeness (QED) is 0.613. The van der Waals surface area contributed by atoms with E-state index in [2.05, 4.69) is 34.1 Å². The summed E-state index contributed by atoms with van der Waals surface area (Å²) in [5.41, 5.74) is 4.79. The molecule has 0 radical (unpaired) electrons. The molecule has 2 saturated heterocycles. The topological polar surface area (TPSA) is 52.4 Å². The second-order valence-electron chi connectivity index (χ2n) is 8.53. The summed E-state index contributed by atoms with van der Waals surface area (Å²) in [6.45, 7) is 4.62. The third kappa shape index (κ3) is 3.73. The SMILES string of the molecule is COc1c(N2CCC(N3CCCC3)CC2)cnc2c(-c3ccc(C#N)cc3)cccc12. The van der Waals surface area contributed by atoms with E-state index in [0.29, 0.717) is 5.56 Å². The molecule has 0 amide bonds. The lowest BCUT2D eigenvalue weighted by Crippen LogP contribution is -2.44. The normalized spacial score (nSPS) is 17.7. The molecule has 5 heteroatoms. The van der Waals surface area contributed by atoms with Gasteiger partial charge in [-0.15, -0.1) is 0 Å². The number of nitrogens with zero attached hydrogens (tertiary/aromatic N) is 4. The summed E-state index contributed by atoms with van der Waals surface area (Å²) in [5.74, 6) is 0.903. The van der Waals surface area contributed by atoms with Crippen molar-refractivity contribution < 1.29 is 4.74 Å². The summed E-state index contributed by atoms with van der Waals surface area (Å²) in [7, 11) is 1.75. The number of piperidine rings is 1. The van der Waals surface area contributed by atoms with Crippen LogP contribution in [-0.4, -0.2) is 49.2 Å². The van der Waals surface area contributed by atoms with Gasteiger partial charge in [0.15, 0.2) is 5.75 Å². The van der Waals surface area contributed by atoms with Crippen LogP contribution < -0.4 is 9.64 Å². The number of para-hydroxylation sites is 1. The van der Waals surface area contributed by atoms with E-state index in [0.717, 1.165) is 52.6 Å². The lowest BCUT2D eigenvalue weighted by Gasteiger charge is -2.38. The first-order chi connectivity index (χ1) is 15.3. The number of methoxy groups -OCH3 is 1. The first-order valence-corrected chi connectivity index (χ1v) is 11.2. The number of benzene rings is 2. The molecule has 0 bridgehead atoms. The van der Waals surface area contributed by atoms with Gasteiger partial charge in [0.2, 0.25) is 0 Å². The lowest BCUT2D eigenvalue weighted by atomic mass is 9.99. The predicted octanol–water partition coefficient (Wildman–Crippen LogP) is 4.85. The summed E-state index contributed by atoms with van der Waals surface area (Å²) in [6, 6.07) is 16.8. The monoisotopic (exact) mass is 412 g/mol. The molecule has 2 aliphatic rings. The van der Waals surface area contributed by atoms with Gasteiger partial charge in [-0.3, -0.25) is 4.98 Å². The van der Waals surface area contributed by atoms with Crippen LogP contribution in [0.25, 0.3) is 22.0 Å². The number of fused-ring (bicyclic) bond motifs is 1. The van der Waals surface area contributed by atoms with Crippen LogP contribution in [-0.2, 0) is 0 Å². The Hall–Kier alpha value is -3.10. The summed E-state index contributed by atoms with van der Waals surface area (Å²) in [5, 5.41) is 10.1. The number of aromatic nitrogens is 1. The highest BCUT2D eigenvalue weighted by molar-refractivity contribution is 5.99. The molecule has 31 heavy (non-hydrogen) atoms. The molecule has 5 rings (SSSR count). The van der Waals surface area contributed by atoms with Crippen LogP contribution in [0.3, 0.4) is 0 Å². The average molecular weight is 413 g/mol. The maximum absolute atomic E-state index is 9.09. The Balaban J connectivity index is 1.46. The zero-order valence-corrected chi connectivity index (χ0v) is 18.1. The summed E-state index contributed by atoms with van der Waals surface area (Å²) in [6.07, 6.45) is 7.08. The van der Waals surface area contributed by atoms with Gasteiger partial charge in [-0.05, 0) is 62.5 Å². The molecule has 0 N–H and O–H groups in total. The zero-order chi connectivity index (χ0) is 21.2. The van der Waals surface area contributed by atoms with Crippen LogP contribution in [0.15, 0.2) is 48.7 Å². The van der Waals surface area contributed by atoms with Gasteiger partial charge >= 0.3 is 0 Å². The fourth-order valence-corrected chi connectivity index (χ4v) is 5.16. The Morgan fingerprint density at radius 2 is 1.74 bits per heavy atom. The average Bonchev–Trinajstić information content (AvgIpc) is 3.38. The first kappa shape index (κ1) is 19.8. The molecule has 0 atom stereocenters. The Morgan fingerprint density at radius 1 is 1.00 bits per heavy atom. The molecule has 158 valence electrons. The van der Waals surface area contributed by atoms with Gasteiger partial charge in [0.1, 0.15) is 0 Å². The van der Waals surface area contributed by atoms with E-state index in [-0.39, 0.29) is 0 Å². The lowest BCUT2D eigenvalue weighted by molar-refractivity contribution is 0.207. The van der Waals surface area contributed by atoms with Crippen LogP contribution in [0.2, 0.25) is 0 Å². The number of pyridine rings is 1. The molecule has 0 aliphatic carbocycles. The van der Waals surface area contributed by atoms with E-state index in [1.54, 1.807) is 7.11 Å². The van der Waals surface area contributed by atoms with Crippen LogP contribution in [0, 0.1) is 11.3 Å². The maximum atomic E-state index is 9.09. The third-order valence-electron chi connectivity index (χ3n) is 6.82. The van der Waals surface area contributed by atoms with Gasteiger partial charge in [0.25, 0.3) is 0 Å². The van der Waals surface area contributed by atoms with Crippen LogP contribution >= 0.6 is 0 Å². The fraction of sp³-hybridized carbons (Fsp3) is 0.385. The van der Waals surface area contributed by atoms with E-state index in [1.807, 2.05) is 30.5 Å². The molecule has 0 saturated carbocycles. The number of hydrogen-bond donors (Lipinski definition) is 0. The van der Waals surface area contributed by atoms with Crippen molar-refractivity contribution in [2.24, 2.45) is 0 Å². The molecule has 1 aromatic heterocycles. The minimum Gasteiger partial charge on any atom is -0.494 e. The van der Waals surface area contributed by atoms with Gasteiger partial charge in [-0.25, -0.2) is 0 Å². The maximum Gasteiger partial charge on any atom is 0.153 e. The summed E-state index contributed by atoms with van der Waals surface area (Å²) < 4.78 is 5.93. The number of ether oxygens (including phenoxy) is 1. The zero-order valence-electron chi connectivity index (χ0n) is 18.1. The predicted molar refractivity (Wildman–Crippen MR) is 124 cm³/mol. The Kier molecular flexibility index (Phi) is 5.48. The van der Waals surface area contributed by atoms with E-state index >= 15 is 0 Å². The van der Waals surface area contributed by atoms with E-state index in [1.165, 1.54) is 38.8 Å². The molecule has 3 aromatic rings. The standard InChI is InChI=1S/C26H28N4O/c1-31-26-23-6-4-5-22(20-9-7-19(17-27)8-10-20)25(23)28-18-24(26)30-15-11-21(12-16-30)29-13-2-3-14-29/h4-10,18,21H,2-3,11-16H2,1H3. The van der Waals surface area contributed by atoms with Crippen molar-refractivity contribution >= 4 is 16.6 Å². The largest absolute Gasteiger partial charge is 0.494 e. The molecule has 2 fully saturated rings. The van der Waals surface area contributed by atoms with Gasteiger partial charge in [0, 0.05) is 30.1 Å². The molecule has 2 aromatic carbocycles. The Bertz CT molecular complexity index is 1100. The highest BCUT2D eigenvalue weighted by Crippen LogP contribution is 2.39. The highest BCUT2D eigenvalue weighted by atomic mass is 16.5. The van der Waals surface area contributed by atoms with Gasteiger partial charge in [-0.1, -0.05) is 24.3 Å². The number of hydrogen-bond acceptors (Lipinski definition) is 5. The van der Waals surface area contributed by atoms with Crippen molar-refractivity contribution in [2.45, 2.75) is 31.7 Å². The minimum atomic E-state index is 0.661. The molecular formula is C26H28N4O. The van der Waals surface area contributed by atoms with E-state index in [9.17, 15) is 0 Å². The van der Waals surface area contributed by atoms with Crippen molar-refractivity contribution in [1.29, 1.82) is 5.26 Å². The van der Waals surface area contributed by atoms with Gasteiger partial charge in [0.05, 0.1) is 36.1 Å². The second kappa shape index (κ2) is 8.56. The summed E-state index contributed by atoms with van der Waals surface area (Å²) >= 11 is 0. The molecule has 0 spiro atoms. The van der Waals surface area contributed by atoms with Crippen molar-refractivity contribution in [3.8, 4) is 22.9 Å². The number of rotatable bonds is 4. The molecule has 3 heterocycles. The van der Waals surface area contributed by atoms with Crippen LogP contribution in [0.1, 0.15) is 31.2 Å². The number of anilines is 1. The van der Waals surface area contributed by atoms with Crippen LogP contribution in [0.4, 0.5) is 5.69 Å². The van der Waals surface area contributed by atoms with E-state index in [4.69, 9.17) is 15.0 Å². The molecular weight excluding hydrogens is 384 g/mol. The molecule has 2 aliphatic heterocycles. The highest BCUT2D eigenvalue weighted by Gasteiger charge is 2.28. The van der Waals surface area contributed by atoms with Crippen molar-refractivity contribution in [3.05, 3.63) is 54.2 Å². The first-order valence-electron chi connectivity index (χ1n) is 11.2. The van der Waals surface area contributed by atoms with Crippen molar-refractivity contribution in [2.75, 3.05) is 38.2 Å². The minimum absolute atomic E-state index is 0.661. The number of likely N-dealkylation sites (tertiary alicyclic amines) is 1. The fourth-order valence-electron chi connectivity index (χ4n) is 5.16. The van der Waals surface area contributed by atoms with Gasteiger partial charge < -0.3 is 14.5 Å². The third-order valence-corrected chi connectivity index (χ3v) is 6.82. The van der Waals surface area contributed by atoms with Crippen molar-refractivity contribution in [1.82, 2.24) is 9.88 Å². The van der Waals surface area contributed by atoms with Gasteiger partial charge in [-0.2, -0.15) is 5.26 Å². The Labute approximate surface area is 183 Å². The molecule has 5 nitrogen and oxygen atoms in total. The Morgan fingerprint density at radius 3 is 2.42 bits per heavy atom. The number of nitriles is 1. The second-order valence-corrected chi connectivity index (χ2v) is 8.53. The smallest absolute Gasteiger partial charge is 0.153 e. The van der Waals surface area contributed by atoms with E-state index < -0.39 is 0 Å². The molecule has 0 unspecified atom stereocenters. The summed E-state index contributed by atoms with van der Waals surface area (Å²) in [4.78, 5) is 10.00.